The Labute approximate surface area is 103 Å². The van der Waals surface area contributed by atoms with Gasteiger partial charge in [-0.3, -0.25) is 4.79 Å². The van der Waals surface area contributed by atoms with E-state index in [2.05, 4.69) is 13.8 Å². The highest BCUT2D eigenvalue weighted by Gasteiger charge is 2.18. The molecule has 1 rings (SSSR count). The van der Waals surface area contributed by atoms with Crippen molar-refractivity contribution in [1.29, 1.82) is 0 Å². The lowest BCUT2D eigenvalue weighted by molar-refractivity contribution is 0.100. The lowest BCUT2D eigenvalue weighted by Crippen LogP contribution is -2.20. The third kappa shape index (κ3) is 3.22. The summed E-state index contributed by atoms with van der Waals surface area (Å²) in [5.74, 6) is 1.50. The fraction of sp³-hybridized carbons (Fsp3) is 0.500. The van der Waals surface area contributed by atoms with Gasteiger partial charge in [0.15, 0.2) is 17.3 Å². The van der Waals surface area contributed by atoms with Crippen LogP contribution < -0.4 is 9.47 Å². The van der Waals surface area contributed by atoms with Crippen LogP contribution in [0.2, 0.25) is 0 Å². The van der Waals surface area contributed by atoms with E-state index in [-0.39, 0.29) is 11.9 Å². The topological polar surface area (TPSA) is 35.5 Å². The van der Waals surface area contributed by atoms with Gasteiger partial charge in [0.05, 0.1) is 18.8 Å². The van der Waals surface area contributed by atoms with Crippen LogP contribution in [0.4, 0.5) is 0 Å². The molecular weight excluding hydrogens is 216 g/mol. The highest BCUT2D eigenvalue weighted by Crippen LogP contribution is 2.33. The zero-order chi connectivity index (χ0) is 13.0. The average molecular weight is 236 g/mol. The smallest absolute Gasteiger partial charge is 0.172 e. The average Bonchev–Trinajstić information content (AvgIpc) is 2.28. The number of para-hydroxylation sites is 1. The van der Waals surface area contributed by atoms with E-state index in [0.29, 0.717) is 23.0 Å². The molecule has 0 saturated heterocycles. The predicted molar refractivity (Wildman–Crippen MR) is 67.9 cm³/mol. The number of Topliss-reactive ketones (excluding diaryl/α,β-unsaturated/α-hetero) is 1. The third-order valence-corrected chi connectivity index (χ3v) is 2.82. The Hall–Kier alpha value is -1.51. The summed E-state index contributed by atoms with van der Waals surface area (Å²) < 4.78 is 11.1. The van der Waals surface area contributed by atoms with Crippen molar-refractivity contribution in [1.82, 2.24) is 0 Å². The maximum Gasteiger partial charge on any atom is 0.172 e. The van der Waals surface area contributed by atoms with Gasteiger partial charge in [0.1, 0.15) is 0 Å². The Kier molecular flexibility index (Phi) is 4.55. The Morgan fingerprint density at radius 1 is 1.24 bits per heavy atom. The van der Waals surface area contributed by atoms with Gasteiger partial charge in [-0.05, 0) is 31.9 Å². The lowest BCUT2D eigenvalue weighted by atomic mass is 10.1. The zero-order valence-corrected chi connectivity index (χ0v) is 11.1. The summed E-state index contributed by atoms with van der Waals surface area (Å²) in [6.07, 6.45) is 0.0319. The van der Waals surface area contributed by atoms with Crippen LogP contribution >= 0.6 is 0 Å². The SMILES string of the molecule is COc1cccc(C(C)=O)c1OC(C)C(C)C. The van der Waals surface area contributed by atoms with E-state index >= 15 is 0 Å². The van der Waals surface area contributed by atoms with E-state index in [1.54, 1.807) is 25.3 Å². The number of benzene rings is 1. The maximum absolute atomic E-state index is 11.6. The minimum absolute atomic E-state index is 0.0187. The quantitative estimate of drug-likeness (QED) is 0.736. The lowest BCUT2D eigenvalue weighted by Gasteiger charge is -2.21. The van der Waals surface area contributed by atoms with Crippen LogP contribution in [0.5, 0.6) is 11.5 Å². The van der Waals surface area contributed by atoms with Crippen molar-refractivity contribution in [3.05, 3.63) is 23.8 Å². The molecule has 0 bridgehead atoms. The first-order valence-electron chi connectivity index (χ1n) is 5.82. The van der Waals surface area contributed by atoms with Gasteiger partial charge >= 0.3 is 0 Å². The zero-order valence-electron chi connectivity index (χ0n) is 11.1. The molecule has 0 heterocycles. The summed E-state index contributed by atoms with van der Waals surface area (Å²) in [6.45, 7) is 7.67. The summed E-state index contributed by atoms with van der Waals surface area (Å²) >= 11 is 0. The van der Waals surface area contributed by atoms with Crippen molar-refractivity contribution in [3.8, 4) is 11.5 Å². The number of hydrogen-bond donors (Lipinski definition) is 0. The summed E-state index contributed by atoms with van der Waals surface area (Å²) in [4.78, 5) is 11.6. The fourth-order valence-electron chi connectivity index (χ4n) is 1.40. The second kappa shape index (κ2) is 5.71. The summed E-state index contributed by atoms with van der Waals surface area (Å²) in [5.41, 5.74) is 0.567. The number of ketones is 1. The molecule has 0 amide bonds. The van der Waals surface area contributed by atoms with Gasteiger partial charge < -0.3 is 9.47 Å². The number of carbonyl (C=O) groups is 1. The molecule has 1 aromatic rings. The van der Waals surface area contributed by atoms with Crippen molar-refractivity contribution in [2.75, 3.05) is 7.11 Å². The Bertz CT molecular complexity index is 396. The molecule has 3 heteroatoms. The van der Waals surface area contributed by atoms with Crippen LogP contribution in [0.3, 0.4) is 0 Å². The maximum atomic E-state index is 11.6. The van der Waals surface area contributed by atoms with Crippen molar-refractivity contribution in [2.45, 2.75) is 33.8 Å². The largest absolute Gasteiger partial charge is 0.493 e. The fourth-order valence-corrected chi connectivity index (χ4v) is 1.40. The van der Waals surface area contributed by atoms with Gasteiger partial charge in [0.2, 0.25) is 0 Å². The number of ether oxygens (including phenoxy) is 2. The van der Waals surface area contributed by atoms with Gasteiger partial charge in [0.25, 0.3) is 0 Å². The van der Waals surface area contributed by atoms with Gasteiger partial charge in [-0.1, -0.05) is 19.9 Å². The normalized spacial score (nSPS) is 12.4. The van der Waals surface area contributed by atoms with E-state index < -0.39 is 0 Å². The summed E-state index contributed by atoms with van der Waals surface area (Å²) in [7, 11) is 1.58. The first-order chi connectivity index (χ1) is 7.97. The summed E-state index contributed by atoms with van der Waals surface area (Å²) in [5, 5.41) is 0. The number of hydrogen-bond acceptors (Lipinski definition) is 3. The molecule has 1 unspecified atom stereocenters. The number of carbonyl (C=O) groups excluding carboxylic acids is 1. The van der Waals surface area contributed by atoms with E-state index in [9.17, 15) is 4.79 Å². The Balaban J connectivity index is 3.13. The van der Waals surface area contributed by atoms with E-state index in [0.717, 1.165) is 0 Å². The standard InChI is InChI=1S/C14H20O3/c1-9(2)11(4)17-14-12(10(3)15)7-6-8-13(14)16-5/h6-9,11H,1-5H3. The van der Waals surface area contributed by atoms with Crippen LogP contribution in [0.15, 0.2) is 18.2 Å². The monoisotopic (exact) mass is 236 g/mol. The molecule has 0 aliphatic carbocycles. The minimum atomic E-state index is -0.0187. The molecule has 0 fully saturated rings. The predicted octanol–water partition coefficient (Wildman–Crippen LogP) is 3.32. The van der Waals surface area contributed by atoms with Crippen molar-refractivity contribution >= 4 is 5.78 Å². The molecule has 0 N–H and O–H groups in total. The van der Waals surface area contributed by atoms with Crippen molar-refractivity contribution < 1.29 is 14.3 Å². The molecule has 94 valence electrons. The Morgan fingerprint density at radius 2 is 1.88 bits per heavy atom. The first-order valence-corrected chi connectivity index (χ1v) is 5.82. The summed E-state index contributed by atoms with van der Waals surface area (Å²) in [6, 6.07) is 5.35. The highest BCUT2D eigenvalue weighted by atomic mass is 16.5. The molecule has 0 saturated carbocycles. The third-order valence-electron chi connectivity index (χ3n) is 2.82. The van der Waals surface area contributed by atoms with Crippen LogP contribution in [-0.2, 0) is 0 Å². The highest BCUT2D eigenvalue weighted by molar-refractivity contribution is 5.97. The second-order valence-electron chi connectivity index (χ2n) is 4.46. The van der Waals surface area contributed by atoms with Crippen LogP contribution in [0, 0.1) is 5.92 Å². The number of methoxy groups -OCH3 is 1. The van der Waals surface area contributed by atoms with Crippen LogP contribution in [-0.4, -0.2) is 19.0 Å². The van der Waals surface area contributed by atoms with Gasteiger partial charge in [-0.15, -0.1) is 0 Å². The van der Waals surface area contributed by atoms with E-state index in [1.807, 2.05) is 6.92 Å². The van der Waals surface area contributed by atoms with Crippen molar-refractivity contribution in [3.63, 3.8) is 0 Å². The Morgan fingerprint density at radius 3 is 2.35 bits per heavy atom. The molecule has 1 aromatic carbocycles. The van der Waals surface area contributed by atoms with E-state index in [4.69, 9.17) is 9.47 Å². The van der Waals surface area contributed by atoms with Crippen molar-refractivity contribution in [2.24, 2.45) is 5.92 Å². The molecule has 1 atom stereocenters. The first kappa shape index (κ1) is 13.6. The molecule has 0 radical (unpaired) electrons. The van der Waals surface area contributed by atoms with Gasteiger partial charge in [-0.25, -0.2) is 0 Å². The molecule has 3 nitrogen and oxygen atoms in total. The van der Waals surface area contributed by atoms with Crippen LogP contribution in [0.1, 0.15) is 38.1 Å². The van der Waals surface area contributed by atoms with Crippen LogP contribution in [0.25, 0.3) is 0 Å². The molecule has 0 aliphatic rings. The molecule has 0 aliphatic heterocycles. The molecule has 0 aromatic heterocycles. The molecule has 17 heavy (non-hydrogen) atoms. The molecular formula is C14H20O3. The molecule has 0 spiro atoms. The second-order valence-corrected chi connectivity index (χ2v) is 4.46. The van der Waals surface area contributed by atoms with Gasteiger partial charge in [0, 0.05) is 0 Å². The minimum Gasteiger partial charge on any atom is -0.493 e. The van der Waals surface area contributed by atoms with Gasteiger partial charge in [-0.2, -0.15) is 0 Å². The number of rotatable bonds is 5. The van der Waals surface area contributed by atoms with E-state index in [1.165, 1.54) is 6.92 Å².